The molecule has 188 valence electrons. The number of unbranched alkanes of at least 4 members (excludes halogenated alkanes) is 1. The summed E-state index contributed by atoms with van der Waals surface area (Å²) in [5, 5.41) is 8.46. The van der Waals surface area contributed by atoms with E-state index in [2.05, 4.69) is 4.74 Å². The molecule has 0 atom stereocenters. The summed E-state index contributed by atoms with van der Waals surface area (Å²) < 4.78 is 53.8. The van der Waals surface area contributed by atoms with Crippen LogP contribution in [0.2, 0.25) is 0 Å². The lowest BCUT2D eigenvalue weighted by Crippen LogP contribution is -2.17. The van der Waals surface area contributed by atoms with E-state index in [4.69, 9.17) is 5.26 Å². The molecule has 2 saturated carbocycles. The average molecular weight is 480 g/mol. The second-order valence-electron chi connectivity index (χ2n) is 10.2. The molecule has 0 heterocycles. The third-order valence-electron chi connectivity index (χ3n) is 7.88. The molecule has 0 unspecified atom stereocenters. The van der Waals surface area contributed by atoms with Gasteiger partial charge in [-0.1, -0.05) is 63.5 Å². The topological polar surface area (TPSA) is 33.0 Å². The van der Waals surface area contributed by atoms with Crippen molar-refractivity contribution in [3.05, 3.63) is 41.7 Å². The Morgan fingerprint density at radius 1 is 0.853 bits per heavy atom. The fraction of sp³-hybridized carbons (Fsp3) is 0.679. The van der Waals surface area contributed by atoms with Gasteiger partial charge in [0.25, 0.3) is 0 Å². The van der Waals surface area contributed by atoms with Gasteiger partial charge in [0, 0.05) is 0 Å². The van der Waals surface area contributed by atoms with Crippen LogP contribution in [-0.4, -0.2) is 6.36 Å². The smallest absolute Gasteiger partial charge is 0.406 e. The summed E-state index contributed by atoms with van der Waals surface area (Å²) >= 11 is 0. The van der Waals surface area contributed by atoms with Gasteiger partial charge in [0.15, 0.2) is 5.83 Å². The van der Waals surface area contributed by atoms with Crippen LogP contribution >= 0.6 is 0 Å². The number of rotatable bonds is 10. The number of allylic oxidation sites excluding steroid dienone is 2. The number of nitriles is 1. The number of alkyl halides is 3. The maximum Gasteiger partial charge on any atom is 0.573 e. The van der Waals surface area contributed by atoms with Crippen LogP contribution in [0.3, 0.4) is 0 Å². The minimum absolute atomic E-state index is 0.151. The van der Waals surface area contributed by atoms with Crippen LogP contribution in [0.1, 0.15) is 101 Å². The van der Waals surface area contributed by atoms with Gasteiger partial charge in [0.2, 0.25) is 0 Å². The molecule has 1 aromatic carbocycles. The number of nitrogens with zero attached hydrogens (tertiary/aromatic N) is 1. The number of hydrogen-bond donors (Lipinski definition) is 0. The van der Waals surface area contributed by atoms with Gasteiger partial charge < -0.3 is 4.74 Å². The Morgan fingerprint density at radius 2 is 1.35 bits per heavy atom. The van der Waals surface area contributed by atoms with E-state index >= 15 is 0 Å². The Balaban J connectivity index is 1.25. The fourth-order valence-electron chi connectivity index (χ4n) is 5.89. The molecule has 2 aliphatic carbocycles. The average Bonchev–Trinajstić information content (AvgIpc) is 2.82. The quantitative estimate of drug-likeness (QED) is 0.190. The lowest BCUT2D eigenvalue weighted by atomic mass is 9.76. The van der Waals surface area contributed by atoms with Crippen molar-refractivity contribution in [2.24, 2.45) is 17.8 Å². The van der Waals surface area contributed by atoms with E-state index in [1.807, 2.05) is 0 Å². The van der Waals surface area contributed by atoms with Crippen molar-refractivity contribution in [3.8, 4) is 11.8 Å². The van der Waals surface area contributed by atoms with Crippen LogP contribution in [0.15, 0.2) is 36.2 Å². The van der Waals surface area contributed by atoms with Crippen molar-refractivity contribution in [1.29, 1.82) is 5.26 Å². The van der Waals surface area contributed by atoms with Crippen LogP contribution in [0.5, 0.6) is 5.75 Å². The molecule has 0 N–H and O–H groups in total. The summed E-state index contributed by atoms with van der Waals surface area (Å²) in [5.74, 6) is 1.93. The van der Waals surface area contributed by atoms with Gasteiger partial charge in [0.05, 0.1) is 0 Å². The van der Waals surface area contributed by atoms with E-state index in [1.165, 1.54) is 88.5 Å². The maximum atomic E-state index is 12.9. The highest BCUT2D eigenvalue weighted by Gasteiger charge is 2.31. The molecule has 0 amide bonds. The summed E-state index contributed by atoms with van der Waals surface area (Å²) in [6.45, 7) is 0. The Hall–Kier alpha value is -2.03. The van der Waals surface area contributed by atoms with E-state index in [-0.39, 0.29) is 5.75 Å². The molecule has 6 heteroatoms. The van der Waals surface area contributed by atoms with Crippen LogP contribution in [0, 0.1) is 29.1 Å². The van der Waals surface area contributed by atoms with Crippen molar-refractivity contribution >= 4 is 0 Å². The van der Waals surface area contributed by atoms with Crippen molar-refractivity contribution in [2.45, 2.75) is 102 Å². The minimum atomic E-state index is -4.64. The first-order valence-electron chi connectivity index (χ1n) is 12.9. The predicted octanol–water partition coefficient (Wildman–Crippen LogP) is 9.38. The van der Waals surface area contributed by atoms with Gasteiger partial charge in [-0.25, -0.2) is 0 Å². The van der Waals surface area contributed by atoms with E-state index in [1.54, 1.807) is 12.1 Å². The molecule has 34 heavy (non-hydrogen) atoms. The monoisotopic (exact) mass is 479 g/mol. The van der Waals surface area contributed by atoms with Crippen LogP contribution in [-0.2, 0) is 0 Å². The molecule has 3 rings (SSSR count). The summed E-state index contributed by atoms with van der Waals surface area (Å²) in [5.41, 5.74) is 1.12. The lowest BCUT2D eigenvalue weighted by Gasteiger charge is -2.30. The normalized spacial score (nSPS) is 26.1. The SMILES string of the molecule is N#CC(F)=CCCC1CCC(CCCCC2CCC(c3ccc(OC(F)(F)F)cc3)CC2)CC1. The Bertz CT molecular complexity index is 795. The second-order valence-corrected chi connectivity index (χ2v) is 10.2. The van der Waals surface area contributed by atoms with Crippen molar-refractivity contribution in [3.63, 3.8) is 0 Å². The summed E-state index contributed by atoms with van der Waals surface area (Å²) in [7, 11) is 0. The zero-order valence-electron chi connectivity index (χ0n) is 20.0. The van der Waals surface area contributed by atoms with Crippen LogP contribution in [0.25, 0.3) is 0 Å². The zero-order valence-corrected chi connectivity index (χ0v) is 20.0. The molecule has 0 bridgehead atoms. The van der Waals surface area contributed by atoms with Crippen molar-refractivity contribution in [2.75, 3.05) is 0 Å². The fourth-order valence-corrected chi connectivity index (χ4v) is 5.89. The second kappa shape index (κ2) is 13.2. The summed E-state index contributed by atoms with van der Waals surface area (Å²) in [6, 6.07) is 7.95. The van der Waals surface area contributed by atoms with E-state index in [0.717, 1.165) is 36.7 Å². The molecule has 0 spiro atoms. The maximum absolute atomic E-state index is 12.9. The van der Waals surface area contributed by atoms with Crippen LogP contribution < -0.4 is 4.74 Å². The molecule has 2 nitrogen and oxygen atoms in total. The molecule has 2 aliphatic rings. The largest absolute Gasteiger partial charge is 0.573 e. The standard InChI is InChI=1S/C28H37F4NO/c29-26(20-33)7-3-6-23-10-8-21(9-11-23)4-1-2-5-22-12-14-24(15-13-22)25-16-18-27(19-17-25)34-28(30,31)32/h7,16-19,21-24H,1-6,8-15H2. The predicted molar refractivity (Wildman–Crippen MR) is 126 cm³/mol. The molecule has 2 fully saturated rings. The third kappa shape index (κ3) is 9.31. The summed E-state index contributed by atoms with van der Waals surface area (Å²) in [4.78, 5) is 0. The first kappa shape index (κ1) is 26.6. The Kier molecular flexibility index (Phi) is 10.3. The molecule has 1 aromatic rings. The highest BCUT2D eigenvalue weighted by atomic mass is 19.4. The van der Waals surface area contributed by atoms with Gasteiger partial charge in [0.1, 0.15) is 11.8 Å². The molecule has 0 aromatic heterocycles. The van der Waals surface area contributed by atoms with E-state index in [9.17, 15) is 17.6 Å². The lowest BCUT2D eigenvalue weighted by molar-refractivity contribution is -0.274. The molecule has 0 saturated heterocycles. The highest BCUT2D eigenvalue weighted by Crippen LogP contribution is 2.39. The number of ether oxygens (including phenoxy) is 1. The molecular formula is C28H37F4NO. The molecule has 0 aliphatic heterocycles. The Labute approximate surface area is 201 Å². The molecular weight excluding hydrogens is 442 g/mol. The third-order valence-corrected chi connectivity index (χ3v) is 7.88. The van der Waals surface area contributed by atoms with E-state index in [0.29, 0.717) is 18.3 Å². The first-order chi connectivity index (χ1) is 16.3. The van der Waals surface area contributed by atoms with E-state index < -0.39 is 12.2 Å². The Morgan fingerprint density at radius 3 is 1.85 bits per heavy atom. The van der Waals surface area contributed by atoms with Crippen molar-refractivity contribution < 1.29 is 22.3 Å². The first-order valence-corrected chi connectivity index (χ1v) is 12.9. The van der Waals surface area contributed by atoms with Gasteiger partial charge in [-0.3, -0.25) is 0 Å². The number of benzene rings is 1. The van der Waals surface area contributed by atoms with Gasteiger partial charge in [-0.15, -0.1) is 13.2 Å². The van der Waals surface area contributed by atoms with Gasteiger partial charge in [-0.2, -0.15) is 9.65 Å². The molecule has 0 radical (unpaired) electrons. The van der Waals surface area contributed by atoms with Gasteiger partial charge >= 0.3 is 6.36 Å². The summed E-state index contributed by atoms with van der Waals surface area (Å²) in [6.07, 6.45) is 13.3. The zero-order chi connectivity index (χ0) is 24.4. The van der Waals surface area contributed by atoms with Gasteiger partial charge in [-0.05, 0) is 86.0 Å². The number of hydrogen-bond acceptors (Lipinski definition) is 2. The number of halogens is 4. The van der Waals surface area contributed by atoms with Crippen LogP contribution in [0.4, 0.5) is 17.6 Å². The minimum Gasteiger partial charge on any atom is -0.406 e. The van der Waals surface area contributed by atoms with Crippen molar-refractivity contribution in [1.82, 2.24) is 0 Å². The highest BCUT2D eigenvalue weighted by molar-refractivity contribution is 5.29.